The summed E-state index contributed by atoms with van der Waals surface area (Å²) in [6.07, 6.45) is -18.2. The van der Waals surface area contributed by atoms with E-state index in [1.165, 1.54) is 13.8 Å². The van der Waals surface area contributed by atoms with Gasteiger partial charge in [-0.25, -0.2) is 0 Å². The van der Waals surface area contributed by atoms with E-state index in [1.807, 2.05) is 0 Å². The molecule has 1 aromatic carbocycles. The quantitative estimate of drug-likeness (QED) is 0.382. The van der Waals surface area contributed by atoms with Crippen molar-refractivity contribution in [1.29, 1.82) is 0 Å². The average Bonchev–Trinajstić information content (AvgIpc) is 2.56. The lowest BCUT2D eigenvalue weighted by Crippen LogP contribution is -2.54. The van der Waals surface area contributed by atoms with E-state index >= 15 is 0 Å². The molecule has 0 fully saturated rings. The molecule has 0 aliphatic carbocycles. The molecule has 0 saturated heterocycles. The Kier molecular flexibility index (Phi) is 6.86. The maximum atomic E-state index is 13.2. The fourth-order valence-corrected chi connectivity index (χ4v) is 2.18. The van der Waals surface area contributed by atoms with Gasteiger partial charge in [0.05, 0.1) is 5.92 Å². The van der Waals surface area contributed by atoms with E-state index in [4.69, 9.17) is 0 Å². The van der Waals surface area contributed by atoms with Gasteiger partial charge in [-0.05, 0) is 37.1 Å². The van der Waals surface area contributed by atoms with Crippen LogP contribution in [0.4, 0.5) is 39.5 Å². The summed E-state index contributed by atoms with van der Waals surface area (Å²) in [6, 6.07) is -0.0866. The fourth-order valence-electron chi connectivity index (χ4n) is 2.18. The maximum Gasteiger partial charge on any atom is 0.430 e. The number of aliphatic hydroxyl groups is 2. The summed E-state index contributed by atoms with van der Waals surface area (Å²) in [6.45, 7) is 2.86. The first-order valence-electron chi connectivity index (χ1n) is 8.22. The summed E-state index contributed by atoms with van der Waals surface area (Å²) in [4.78, 5) is 11.8. The van der Waals surface area contributed by atoms with Crippen molar-refractivity contribution >= 4 is 5.97 Å². The zero-order chi connectivity index (χ0) is 23.9. The van der Waals surface area contributed by atoms with Gasteiger partial charge < -0.3 is 14.9 Å². The van der Waals surface area contributed by atoms with Crippen molar-refractivity contribution in [3.8, 4) is 5.75 Å². The summed E-state index contributed by atoms with van der Waals surface area (Å²) in [5.74, 6) is -3.21. The molecule has 13 heteroatoms. The molecule has 0 heterocycles. The van der Waals surface area contributed by atoms with Crippen LogP contribution >= 0.6 is 0 Å². The molecule has 4 nitrogen and oxygen atoms in total. The van der Waals surface area contributed by atoms with E-state index in [0.717, 1.165) is 0 Å². The standard InChI is InChI=1S/C17H17F9O4/c1-4-8(2)12(27)30-11-6-9(13(3,28)15(18,19)20)5-10(7-11)14(29,16(21,22)23)17(24,25)26/h5-8,28-29H,4H2,1-3H3. The summed E-state index contributed by atoms with van der Waals surface area (Å²) in [7, 11) is 0. The SMILES string of the molecule is CCC(C)C(=O)Oc1cc(C(C)(O)C(F)(F)F)cc(C(O)(C(F)(F)F)C(F)(F)F)c1. The van der Waals surface area contributed by atoms with Crippen LogP contribution in [0, 0.1) is 5.92 Å². The van der Waals surface area contributed by atoms with Crippen LogP contribution in [-0.4, -0.2) is 34.7 Å². The Hall–Kier alpha value is -2.02. The van der Waals surface area contributed by atoms with Crippen molar-refractivity contribution in [2.24, 2.45) is 5.92 Å². The van der Waals surface area contributed by atoms with Gasteiger partial charge in [-0.3, -0.25) is 4.79 Å². The first-order chi connectivity index (χ1) is 13.2. The highest BCUT2D eigenvalue weighted by Gasteiger charge is 2.71. The molecule has 0 aliphatic rings. The molecule has 30 heavy (non-hydrogen) atoms. The molecule has 0 aromatic heterocycles. The van der Waals surface area contributed by atoms with Crippen LogP contribution in [0.5, 0.6) is 5.75 Å². The lowest BCUT2D eigenvalue weighted by Gasteiger charge is -2.34. The van der Waals surface area contributed by atoms with Gasteiger partial charge in [0.2, 0.25) is 0 Å². The number of ether oxygens (including phenoxy) is 1. The number of benzene rings is 1. The Morgan fingerprint density at radius 1 is 0.900 bits per heavy atom. The van der Waals surface area contributed by atoms with Gasteiger partial charge in [0.1, 0.15) is 5.75 Å². The van der Waals surface area contributed by atoms with Crippen molar-refractivity contribution < 1.29 is 59.3 Å². The van der Waals surface area contributed by atoms with Crippen LogP contribution in [0.3, 0.4) is 0 Å². The topological polar surface area (TPSA) is 66.8 Å². The Labute approximate surface area is 164 Å². The number of hydrogen-bond acceptors (Lipinski definition) is 4. The third-order valence-corrected chi connectivity index (χ3v) is 4.49. The van der Waals surface area contributed by atoms with E-state index in [0.29, 0.717) is 0 Å². The summed E-state index contributed by atoms with van der Waals surface area (Å²) < 4.78 is 123. The van der Waals surface area contributed by atoms with Crippen LogP contribution in [0.15, 0.2) is 18.2 Å². The van der Waals surface area contributed by atoms with Crippen molar-refractivity contribution in [1.82, 2.24) is 0 Å². The van der Waals surface area contributed by atoms with E-state index < -0.39 is 58.5 Å². The summed E-state index contributed by atoms with van der Waals surface area (Å²) in [5, 5.41) is 19.2. The number of carbonyl (C=O) groups is 1. The highest BCUT2D eigenvalue weighted by Crippen LogP contribution is 2.52. The molecule has 1 rings (SSSR count). The number of hydrogen-bond donors (Lipinski definition) is 2. The minimum Gasteiger partial charge on any atom is -0.426 e. The van der Waals surface area contributed by atoms with E-state index in [9.17, 15) is 54.5 Å². The lowest BCUT2D eigenvalue weighted by atomic mass is 9.86. The smallest absolute Gasteiger partial charge is 0.426 e. The second kappa shape index (κ2) is 7.91. The second-order valence-electron chi connectivity index (χ2n) is 6.75. The van der Waals surface area contributed by atoms with Crippen LogP contribution in [0.2, 0.25) is 0 Å². The Morgan fingerprint density at radius 2 is 1.33 bits per heavy atom. The Morgan fingerprint density at radius 3 is 1.70 bits per heavy atom. The molecule has 1 aromatic rings. The van der Waals surface area contributed by atoms with Crippen LogP contribution in [0.25, 0.3) is 0 Å². The molecule has 0 bridgehead atoms. The van der Waals surface area contributed by atoms with Gasteiger partial charge in [-0.2, -0.15) is 39.5 Å². The van der Waals surface area contributed by atoms with Gasteiger partial charge in [0, 0.05) is 5.56 Å². The Balaban J connectivity index is 3.85. The van der Waals surface area contributed by atoms with E-state index in [2.05, 4.69) is 4.74 Å². The van der Waals surface area contributed by atoms with Gasteiger partial charge in [-0.15, -0.1) is 0 Å². The zero-order valence-electron chi connectivity index (χ0n) is 15.6. The largest absolute Gasteiger partial charge is 0.430 e. The first kappa shape index (κ1) is 26.0. The van der Waals surface area contributed by atoms with Gasteiger partial charge in [0.15, 0.2) is 5.60 Å². The second-order valence-corrected chi connectivity index (χ2v) is 6.75. The van der Waals surface area contributed by atoms with Crippen LogP contribution in [-0.2, 0) is 16.0 Å². The molecule has 2 atom stereocenters. The van der Waals surface area contributed by atoms with Crippen LogP contribution < -0.4 is 4.74 Å². The molecular weight excluding hydrogens is 439 g/mol. The number of esters is 1. The normalized spacial score (nSPS) is 16.7. The predicted molar refractivity (Wildman–Crippen MR) is 83.2 cm³/mol. The van der Waals surface area contributed by atoms with Crippen molar-refractivity contribution in [3.63, 3.8) is 0 Å². The number of alkyl halides is 9. The minimum absolute atomic E-state index is 0.0583. The van der Waals surface area contributed by atoms with Crippen molar-refractivity contribution in [3.05, 3.63) is 29.3 Å². The molecule has 0 saturated carbocycles. The molecule has 172 valence electrons. The minimum atomic E-state index is -6.41. The molecule has 2 N–H and O–H groups in total. The lowest BCUT2D eigenvalue weighted by molar-refractivity contribution is -0.376. The van der Waals surface area contributed by atoms with E-state index in [-0.39, 0.29) is 31.5 Å². The maximum absolute atomic E-state index is 13.2. The predicted octanol–water partition coefficient (Wildman–Crippen LogP) is 4.72. The molecule has 0 aliphatic heterocycles. The molecule has 0 radical (unpaired) electrons. The van der Waals surface area contributed by atoms with Gasteiger partial charge in [-0.1, -0.05) is 13.8 Å². The number of rotatable bonds is 5. The van der Waals surface area contributed by atoms with Crippen molar-refractivity contribution in [2.45, 2.75) is 56.9 Å². The Bertz CT molecular complexity index is 765. The molecule has 0 spiro atoms. The monoisotopic (exact) mass is 456 g/mol. The number of halogens is 9. The number of carbonyl (C=O) groups excluding carboxylic acids is 1. The van der Waals surface area contributed by atoms with Gasteiger partial charge >= 0.3 is 24.5 Å². The zero-order valence-corrected chi connectivity index (χ0v) is 15.6. The summed E-state index contributed by atoms with van der Waals surface area (Å²) >= 11 is 0. The molecule has 2 unspecified atom stereocenters. The highest BCUT2D eigenvalue weighted by molar-refractivity contribution is 5.74. The van der Waals surface area contributed by atoms with E-state index in [1.54, 1.807) is 0 Å². The molecular formula is C17H17F9O4. The highest BCUT2D eigenvalue weighted by atomic mass is 19.4. The van der Waals surface area contributed by atoms with Gasteiger partial charge in [0.25, 0.3) is 5.60 Å². The third kappa shape index (κ3) is 4.66. The van der Waals surface area contributed by atoms with Crippen LogP contribution in [0.1, 0.15) is 38.3 Å². The van der Waals surface area contributed by atoms with Crippen molar-refractivity contribution in [2.75, 3.05) is 0 Å². The summed E-state index contributed by atoms with van der Waals surface area (Å²) in [5.41, 5.74) is -13.2. The fraction of sp³-hybridized carbons (Fsp3) is 0.588. The molecule has 0 amide bonds. The third-order valence-electron chi connectivity index (χ3n) is 4.49. The first-order valence-corrected chi connectivity index (χ1v) is 8.22. The average molecular weight is 456 g/mol.